The molecule has 0 aromatic heterocycles. The lowest BCUT2D eigenvalue weighted by atomic mass is 10.2. The summed E-state index contributed by atoms with van der Waals surface area (Å²) < 4.78 is 35.6. The van der Waals surface area contributed by atoms with Gasteiger partial charge in [-0.3, -0.25) is 4.79 Å². The van der Waals surface area contributed by atoms with E-state index in [0.717, 1.165) is 7.05 Å². The molecule has 1 amide bonds. The Morgan fingerprint density at radius 1 is 1.43 bits per heavy atom. The number of nitrogens with zero attached hydrogens (tertiary/aromatic N) is 1. The summed E-state index contributed by atoms with van der Waals surface area (Å²) in [6.07, 6.45) is -5.11. The first kappa shape index (κ1) is 12.7. The number of carboxylic acids is 1. The lowest BCUT2D eigenvalue weighted by Gasteiger charge is -2.24. The van der Waals surface area contributed by atoms with Gasteiger partial charge in [0.1, 0.15) is 6.04 Å². The van der Waals surface area contributed by atoms with E-state index >= 15 is 0 Å². The van der Waals surface area contributed by atoms with Gasteiger partial charge in [0.15, 0.2) is 0 Å². The first-order valence-corrected chi connectivity index (χ1v) is 3.78. The molecule has 1 atom stereocenters. The second kappa shape index (κ2) is 4.30. The van der Waals surface area contributed by atoms with Crippen LogP contribution in [0.4, 0.5) is 13.2 Å². The van der Waals surface area contributed by atoms with Crippen molar-refractivity contribution in [1.82, 2.24) is 4.90 Å². The fourth-order valence-corrected chi connectivity index (χ4v) is 0.956. The number of hydrogen-bond acceptors (Lipinski definition) is 2. The summed E-state index contributed by atoms with van der Waals surface area (Å²) in [5, 5.41) is 8.50. The van der Waals surface area contributed by atoms with E-state index in [2.05, 4.69) is 0 Å². The highest BCUT2D eigenvalue weighted by atomic mass is 19.4. The number of carbonyl (C=O) groups is 2. The zero-order valence-electron chi connectivity index (χ0n) is 7.63. The normalized spacial score (nSPS) is 13.5. The van der Waals surface area contributed by atoms with Crippen LogP contribution in [0.15, 0.2) is 0 Å². The molecule has 0 saturated carbocycles. The van der Waals surface area contributed by atoms with Crippen molar-refractivity contribution in [1.29, 1.82) is 0 Å². The standard InChI is InChI=1S/C7H10F3NO3/c1-3-4(5(12)13)11(2)6(14)7(8,9)10/h4H,3H2,1-2H3,(H,12,13)/t4-/m1/s1. The molecular weight excluding hydrogens is 203 g/mol. The van der Waals surface area contributed by atoms with E-state index in [1.807, 2.05) is 0 Å². The predicted molar refractivity (Wildman–Crippen MR) is 40.5 cm³/mol. The predicted octanol–water partition coefficient (Wildman–Crippen LogP) is 0.870. The smallest absolute Gasteiger partial charge is 0.471 e. The van der Waals surface area contributed by atoms with Crippen LogP contribution in [0.2, 0.25) is 0 Å². The number of carbonyl (C=O) groups excluding carboxylic acids is 1. The van der Waals surface area contributed by atoms with Gasteiger partial charge in [-0.05, 0) is 6.42 Å². The minimum absolute atomic E-state index is 0.0757. The highest BCUT2D eigenvalue weighted by Crippen LogP contribution is 2.19. The van der Waals surface area contributed by atoms with E-state index in [-0.39, 0.29) is 11.3 Å². The van der Waals surface area contributed by atoms with E-state index in [9.17, 15) is 22.8 Å². The molecule has 0 aliphatic heterocycles. The summed E-state index contributed by atoms with van der Waals surface area (Å²) in [6.45, 7) is 1.39. The monoisotopic (exact) mass is 213 g/mol. The highest BCUT2D eigenvalue weighted by molar-refractivity contribution is 5.86. The van der Waals surface area contributed by atoms with Crippen molar-refractivity contribution in [3.05, 3.63) is 0 Å². The average Bonchev–Trinajstić information content (AvgIpc) is 2.01. The zero-order valence-corrected chi connectivity index (χ0v) is 7.63. The Kier molecular flexibility index (Phi) is 3.91. The number of aliphatic carboxylic acids is 1. The summed E-state index contributed by atoms with van der Waals surface area (Å²) in [7, 11) is 0.818. The van der Waals surface area contributed by atoms with Crippen molar-refractivity contribution in [3.63, 3.8) is 0 Å². The van der Waals surface area contributed by atoms with Gasteiger partial charge in [-0.1, -0.05) is 6.92 Å². The molecule has 0 spiro atoms. The van der Waals surface area contributed by atoms with Crippen LogP contribution in [-0.2, 0) is 9.59 Å². The van der Waals surface area contributed by atoms with Crippen LogP contribution in [-0.4, -0.2) is 41.1 Å². The fraction of sp³-hybridized carbons (Fsp3) is 0.714. The largest absolute Gasteiger partial charge is 0.480 e. The lowest BCUT2D eigenvalue weighted by molar-refractivity contribution is -0.188. The second-order valence-electron chi connectivity index (χ2n) is 2.68. The van der Waals surface area contributed by atoms with Crippen LogP contribution in [0.1, 0.15) is 13.3 Å². The average molecular weight is 213 g/mol. The van der Waals surface area contributed by atoms with Crippen LogP contribution in [0, 0.1) is 0 Å². The number of rotatable bonds is 3. The highest BCUT2D eigenvalue weighted by Gasteiger charge is 2.44. The van der Waals surface area contributed by atoms with E-state index < -0.39 is 24.1 Å². The molecule has 0 heterocycles. The maximum atomic E-state index is 11.9. The van der Waals surface area contributed by atoms with E-state index in [1.165, 1.54) is 6.92 Å². The number of alkyl halides is 3. The minimum atomic E-state index is -5.03. The maximum absolute atomic E-state index is 11.9. The van der Waals surface area contributed by atoms with Gasteiger partial charge >= 0.3 is 18.1 Å². The lowest BCUT2D eigenvalue weighted by Crippen LogP contribution is -2.47. The molecule has 0 saturated heterocycles. The van der Waals surface area contributed by atoms with Gasteiger partial charge in [-0.2, -0.15) is 13.2 Å². The van der Waals surface area contributed by atoms with Gasteiger partial charge in [0.05, 0.1) is 0 Å². The molecule has 0 rings (SSSR count). The first-order valence-electron chi connectivity index (χ1n) is 3.78. The van der Waals surface area contributed by atoms with Gasteiger partial charge in [0.2, 0.25) is 0 Å². The van der Waals surface area contributed by atoms with Crippen LogP contribution in [0.25, 0.3) is 0 Å². The summed E-state index contributed by atoms with van der Waals surface area (Å²) in [5.41, 5.74) is 0. The summed E-state index contributed by atoms with van der Waals surface area (Å²) in [6, 6.07) is -1.44. The van der Waals surface area contributed by atoms with Crippen molar-refractivity contribution in [2.24, 2.45) is 0 Å². The quantitative estimate of drug-likeness (QED) is 0.756. The molecule has 0 aliphatic rings. The van der Waals surface area contributed by atoms with Gasteiger partial charge in [-0.15, -0.1) is 0 Å². The summed E-state index contributed by atoms with van der Waals surface area (Å²) >= 11 is 0. The number of hydrogen-bond donors (Lipinski definition) is 1. The van der Waals surface area contributed by atoms with Gasteiger partial charge in [0, 0.05) is 7.05 Å². The molecule has 0 aromatic carbocycles. The van der Waals surface area contributed by atoms with E-state index in [0.29, 0.717) is 0 Å². The van der Waals surface area contributed by atoms with Crippen LogP contribution < -0.4 is 0 Å². The van der Waals surface area contributed by atoms with Crippen LogP contribution in [0.3, 0.4) is 0 Å². The molecular formula is C7H10F3NO3. The van der Waals surface area contributed by atoms with E-state index in [4.69, 9.17) is 5.11 Å². The third-order valence-corrected chi connectivity index (χ3v) is 1.70. The topological polar surface area (TPSA) is 57.6 Å². The molecule has 1 N–H and O–H groups in total. The SMILES string of the molecule is CC[C@H](C(=O)O)N(C)C(=O)C(F)(F)F. The Balaban J connectivity index is 4.68. The van der Waals surface area contributed by atoms with Crippen LogP contribution >= 0.6 is 0 Å². The van der Waals surface area contributed by atoms with Gasteiger partial charge in [-0.25, -0.2) is 4.79 Å². The van der Waals surface area contributed by atoms with Crippen molar-refractivity contribution in [3.8, 4) is 0 Å². The second-order valence-corrected chi connectivity index (χ2v) is 2.68. The Hall–Kier alpha value is -1.27. The number of halogens is 3. The molecule has 14 heavy (non-hydrogen) atoms. The van der Waals surface area contributed by atoms with Crippen molar-refractivity contribution < 1.29 is 27.9 Å². The van der Waals surface area contributed by atoms with Crippen LogP contribution in [0.5, 0.6) is 0 Å². The van der Waals surface area contributed by atoms with Crippen molar-refractivity contribution in [2.45, 2.75) is 25.6 Å². The third-order valence-electron chi connectivity index (χ3n) is 1.70. The molecule has 82 valence electrons. The fourth-order valence-electron chi connectivity index (χ4n) is 0.956. The zero-order chi connectivity index (χ0) is 11.5. The Labute approximate surface area is 78.3 Å². The van der Waals surface area contributed by atoms with Gasteiger partial charge < -0.3 is 10.0 Å². The molecule has 0 fully saturated rings. The van der Waals surface area contributed by atoms with E-state index in [1.54, 1.807) is 0 Å². The molecule has 0 aliphatic carbocycles. The number of carboxylic acid groups (broad SMARTS) is 1. The number of amides is 1. The Bertz CT molecular complexity index is 239. The summed E-state index contributed by atoms with van der Waals surface area (Å²) in [5.74, 6) is -3.60. The third kappa shape index (κ3) is 2.90. The molecule has 7 heteroatoms. The van der Waals surface area contributed by atoms with Crippen molar-refractivity contribution in [2.75, 3.05) is 7.05 Å². The van der Waals surface area contributed by atoms with Gasteiger partial charge in [0.25, 0.3) is 0 Å². The molecule has 0 bridgehead atoms. The Morgan fingerprint density at radius 2 is 1.86 bits per heavy atom. The minimum Gasteiger partial charge on any atom is -0.480 e. The summed E-state index contributed by atoms with van der Waals surface area (Å²) in [4.78, 5) is 21.2. The number of likely N-dealkylation sites (N-methyl/N-ethyl adjacent to an activating group) is 1. The Morgan fingerprint density at radius 3 is 2.07 bits per heavy atom. The molecule has 0 aromatic rings. The van der Waals surface area contributed by atoms with Crippen molar-refractivity contribution >= 4 is 11.9 Å². The first-order chi connectivity index (χ1) is 6.21. The molecule has 0 radical (unpaired) electrons. The molecule has 4 nitrogen and oxygen atoms in total. The maximum Gasteiger partial charge on any atom is 0.471 e. The molecule has 0 unspecified atom stereocenters.